The lowest BCUT2D eigenvalue weighted by molar-refractivity contribution is -0.150. The minimum absolute atomic E-state index is 0.0431. The number of carbonyl (C=O) groups is 5. The van der Waals surface area contributed by atoms with Gasteiger partial charge in [0, 0.05) is 67.8 Å². The first-order valence-electron chi connectivity index (χ1n) is 18.4. The molecule has 0 aromatic heterocycles. The van der Waals surface area contributed by atoms with E-state index in [9.17, 15) is 24.0 Å². The van der Waals surface area contributed by atoms with E-state index in [-0.39, 0.29) is 48.4 Å². The van der Waals surface area contributed by atoms with Crippen molar-refractivity contribution in [2.24, 2.45) is 0 Å². The van der Waals surface area contributed by atoms with Crippen molar-refractivity contribution in [3.8, 4) is 11.8 Å². The Morgan fingerprint density at radius 1 is 0.780 bits per heavy atom. The Bertz CT molecular complexity index is 1540. The molecule has 0 spiro atoms. The molecular weight excluding hydrogens is 632 g/mol. The molecule has 0 bridgehead atoms. The number of ether oxygens (including phenoxy) is 2. The molecule has 0 radical (unpaired) electrons. The number of benzene rings is 2. The van der Waals surface area contributed by atoms with Crippen LogP contribution in [0.15, 0.2) is 48.5 Å². The summed E-state index contributed by atoms with van der Waals surface area (Å²) >= 11 is 0. The van der Waals surface area contributed by atoms with E-state index < -0.39 is 12.2 Å². The van der Waals surface area contributed by atoms with Crippen molar-refractivity contribution in [1.82, 2.24) is 10.2 Å². The minimum atomic E-state index is -0.452. The maximum Gasteiger partial charge on any atom is 0.407 e. The first-order chi connectivity index (χ1) is 24.2. The molecule has 268 valence electrons. The molecule has 2 aromatic rings. The average Bonchev–Trinajstić information content (AvgIpc) is 3.51. The van der Waals surface area contributed by atoms with Crippen LogP contribution in [0.5, 0.6) is 0 Å². The van der Waals surface area contributed by atoms with E-state index in [1.165, 1.54) is 6.92 Å². The lowest BCUT2D eigenvalue weighted by atomic mass is 9.92. The Labute approximate surface area is 296 Å². The molecule has 1 aliphatic heterocycles. The van der Waals surface area contributed by atoms with Crippen LogP contribution in [0.4, 0.5) is 4.79 Å². The number of unbranched alkanes of at least 4 members (excludes halogenated alkanes) is 5. The van der Waals surface area contributed by atoms with Crippen LogP contribution in [-0.2, 0) is 35.1 Å². The molecule has 3 atom stereocenters. The van der Waals surface area contributed by atoms with Gasteiger partial charge in [-0.15, -0.1) is 0 Å². The van der Waals surface area contributed by atoms with Crippen LogP contribution in [0.3, 0.4) is 0 Å². The zero-order valence-electron chi connectivity index (χ0n) is 29.7. The Balaban J connectivity index is 1.03. The molecule has 4 rings (SSSR count). The second-order valence-corrected chi connectivity index (χ2v) is 13.4. The zero-order valence-corrected chi connectivity index (χ0v) is 29.7. The van der Waals surface area contributed by atoms with Crippen LogP contribution < -0.4 is 5.32 Å². The van der Waals surface area contributed by atoms with Gasteiger partial charge in [-0.2, -0.15) is 0 Å². The number of carbonyl (C=O) groups excluding carboxylic acids is 5. The Kier molecular flexibility index (Phi) is 15.6. The highest BCUT2D eigenvalue weighted by Gasteiger charge is 2.35. The molecule has 2 aromatic carbocycles. The quantitative estimate of drug-likeness (QED) is 0.0947. The fraction of sp³-hybridized carbons (Fsp3) is 0.537. The van der Waals surface area contributed by atoms with Crippen molar-refractivity contribution in [2.45, 2.75) is 128 Å². The van der Waals surface area contributed by atoms with E-state index in [0.29, 0.717) is 45.2 Å². The number of hydrogen-bond donors (Lipinski definition) is 1. The van der Waals surface area contributed by atoms with Gasteiger partial charge in [-0.3, -0.25) is 14.4 Å². The number of likely N-dealkylation sites (tertiary alicyclic amines) is 1. The fourth-order valence-electron chi connectivity index (χ4n) is 6.64. The second kappa shape index (κ2) is 20.3. The van der Waals surface area contributed by atoms with Gasteiger partial charge >= 0.3 is 12.1 Å². The maximum atomic E-state index is 12.9. The van der Waals surface area contributed by atoms with E-state index >= 15 is 0 Å². The molecule has 0 saturated carbocycles. The van der Waals surface area contributed by atoms with Gasteiger partial charge in [-0.05, 0) is 56.7 Å². The van der Waals surface area contributed by atoms with Crippen molar-refractivity contribution in [3.63, 3.8) is 0 Å². The van der Waals surface area contributed by atoms with Crippen molar-refractivity contribution in [3.05, 3.63) is 70.8 Å². The molecule has 1 saturated heterocycles. The highest BCUT2D eigenvalue weighted by atomic mass is 16.6. The highest BCUT2D eigenvalue weighted by molar-refractivity contribution is 5.81. The summed E-state index contributed by atoms with van der Waals surface area (Å²) in [6, 6.07) is 15.8. The van der Waals surface area contributed by atoms with Crippen molar-refractivity contribution in [2.75, 3.05) is 13.1 Å². The number of alkyl carbamates (subject to hydrolysis) is 1. The van der Waals surface area contributed by atoms with Gasteiger partial charge in [0.25, 0.3) is 0 Å². The average molecular weight is 685 g/mol. The fourth-order valence-corrected chi connectivity index (χ4v) is 6.64. The number of nitrogens with one attached hydrogen (secondary N) is 1. The van der Waals surface area contributed by atoms with Crippen molar-refractivity contribution < 1.29 is 33.4 Å². The van der Waals surface area contributed by atoms with Crippen molar-refractivity contribution in [1.29, 1.82) is 0 Å². The summed E-state index contributed by atoms with van der Waals surface area (Å²) in [6.07, 6.45) is 8.40. The van der Waals surface area contributed by atoms with Crippen LogP contribution in [0.2, 0.25) is 0 Å². The monoisotopic (exact) mass is 684 g/mol. The third-order valence-electron chi connectivity index (χ3n) is 9.46. The van der Waals surface area contributed by atoms with Gasteiger partial charge < -0.3 is 24.5 Å². The summed E-state index contributed by atoms with van der Waals surface area (Å²) in [5.74, 6) is 6.39. The Morgan fingerprint density at radius 2 is 1.44 bits per heavy atom. The van der Waals surface area contributed by atoms with E-state index in [4.69, 9.17) is 9.47 Å². The molecular formula is C41H52N2O7. The van der Waals surface area contributed by atoms with E-state index in [2.05, 4.69) is 17.2 Å². The van der Waals surface area contributed by atoms with Crippen LogP contribution in [0.25, 0.3) is 0 Å². The smallest absolute Gasteiger partial charge is 0.407 e. The topological polar surface area (TPSA) is 119 Å². The van der Waals surface area contributed by atoms with E-state index in [1.54, 1.807) is 0 Å². The molecule has 1 unspecified atom stereocenters. The number of nitrogens with zero attached hydrogens (tertiary/aromatic N) is 1. The largest absolute Gasteiger partial charge is 0.460 e. The molecule has 9 heteroatoms. The van der Waals surface area contributed by atoms with Crippen LogP contribution in [0.1, 0.15) is 132 Å². The molecule has 2 amide bonds. The summed E-state index contributed by atoms with van der Waals surface area (Å²) in [7, 11) is 0. The van der Waals surface area contributed by atoms with E-state index in [0.717, 1.165) is 73.6 Å². The van der Waals surface area contributed by atoms with Gasteiger partial charge in [0.1, 0.15) is 23.8 Å². The third-order valence-corrected chi connectivity index (χ3v) is 9.46. The van der Waals surface area contributed by atoms with Gasteiger partial charge in [-0.25, -0.2) is 4.79 Å². The Hall–Kier alpha value is -4.45. The Morgan fingerprint density at radius 3 is 2.18 bits per heavy atom. The number of hydrogen-bond acceptors (Lipinski definition) is 7. The summed E-state index contributed by atoms with van der Waals surface area (Å²) in [5, 5.41) is 2.87. The predicted molar refractivity (Wildman–Crippen MR) is 191 cm³/mol. The number of fused-ring (bicyclic) bond motifs is 2. The number of ketones is 2. The third kappa shape index (κ3) is 12.5. The molecule has 2 aliphatic rings. The predicted octanol–water partition coefficient (Wildman–Crippen LogP) is 7.17. The normalized spacial score (nSPS) is 17.6. The zero-order chi connectivity index (χ0) is 35.7. The summed E-state index contributed by atoms with van der Waals surface area (Å²) < 4.78 is 11.4. The molecule has 50 heavy (non-hydrogen) atoms. The van der Waals surface area contributed by atoms with Crippen LogP contribution in [-0.4, -0.2) is 59.7 Å². The molecule has 1 aliphatic carbocycles. The molecule has 1 N–H and O–H groups in total. The number of amides is 2. The van der Waals surface area contributed by atoms with Gasteiger partial charge in [0.05, 0.1) is 13.0 Å². The van der Waals surface area contributed by atoms with Crippen molar-refractivity contribution >= 4 is 29.5 Å². The van der Waals surface area contributed by atoms with Gasteiger partial charge in [0.15, 0.2) is 0 Å². The van der Waals surface area contributed by atoms with Crippen LogP contribution >= 0.6 is 0 Å². The van der Waals surface area contributed by atoms with Crippen LogP contribution in [0, 0.1) is 11.8 Å². The molecule has 1 heterocycles. The van der Waals surface area contributed by atoms with Gasteiger partial charge in [-0.1, -0.05) is 74.4 Å². The molecule has 1 fully saturated rings. The SMILES string of the molecule is CC[C@@H]1C[C@@H](OC(=O)CCC(C)=O)CN1C(=O)CCCCCCC(=O)CCCCCNC(=O)OC1Cc2ccccc2C#Cc2ccccc21. The van der Waals surface area contributed by atoms with E-state index in [1.807, 2.05) is 60.4 Å². The summed E-state index contributed by atoms with van der Waals surface area (Å²) in [6.45, 7) is 4.39. The lowest BCUT2D eigenvalue weighted by Crippen LogP contribution is -2.35. The first-order valence-corrected chi connectivity index (χ1v) is 18.4. The maximum absolute atomic E-state index is 12.9. The number of Topliss-reactive ketones (excluding diaryl/α,β-unsaturated/α-hetero) is 2. The number of rotatable bonds is 19. The second-order valence-electron chi connectivity index (χ2n) is 13.4. The lowest BCUT2D eigenvalue weighted by Gasteiger charge is -2.23. The summed E-state index contributed by atoms with van der Waals surface area (Å²) in [4.78, 5) is 63.0. The minimum Gasteiger partial charge on any atom is -0.460 e. The molecule has 9 nitrogen and oxygen atoms in total. The standard InChI is InChI=1S/C41H52N2O7/c1-3-34-28-36(49-40(47)25-22-30(2)44)29-43(34)39(46)21-9-5-4-7-18-35(45)19-8-6-14-26-42-41(48)50-38-27-33-17-11-10-15-31(33)23-24-32-16-12-13-20-37(32)38/h10-13,15-17,20,34,36,38H,3-9,14,18-19,21-22,25-29H2,1-2H3,(H,42,48)/t34-,36-,38?/m1/s1. The first kappa shape index (κ1) is 38.4. The number of esters is 1. The highest BCUT2D eigenvalue weighted by Crippen LogP contribution is 2.29. The van der Waals surface area contributed by atoms with Gasteiger partial charge in [0.2, 0.25) is 5.91 Å². The summed E-state index contributed by atoms with van der Waals surface area (Å²) in [5.41, 5.74) is 3.77.